The molecule has 1 fully saturated rings. The molecule has 0 spiro atoms. The number of ether oxygens (including phenoxy) is 1. The van der Waals surface area contributed by atoms with E-state index >= 15 is 0 Å². The fraction of sp³-hybridized carbons (Fsp3) is 0.444. The number of aromatic hydroxyl groups is 2. The Bertz CT molecular complexity index is 1260. The van der Waals surface area contributed by atoms with Crippen molar-refractivity contribution in [3.63, 3.8) is 0 Å². The molecule has 3 aliphatic rings. The first-order chi connectivity index (χ1) is 17.1. The number of aliphatic hydroxyl groups is 2. The Labute approximate surface area is 216 Å². The number of benzene rings is 2. The summed E-state index contributed by atoms with van der Waals surface area (Å²) in [5.74, 6) is -3.35. The number of rotatable bonds is 4. The van der Waals surface area contributed by atoms with Crippen LogP contribution in [0.25, 0.3) is 0 Å². The summed E-state index contributed by atoms with van der Waals surface area (Å²) in [6, 6.07) is 6.28. The van der Waals surface area contributed by atoms with Gasteiger partial charge in [0.1, 0.15) is 0 Å². The summed E-state index contributed by atoms with van der Waals surface area (Å²) in [5, 5.41) is 42.5. The van der Waals surface area contributed by atoms with Crippen molar-refractivity contribution in [3.8, 4) is 11.5 Å². The van der Waals surface area contributed by atoms with Crippen molar-refractivity contribution in [2.24, 2.45) is 5.92 Å². The first kappa shape index (κ1) is 25.2. The van der Waals surface area contributed by atoms with E-state index in [0.29, 0.717) is 18.4 Å². The third-order valence-corrected chi connectivity index (χ3v) is 8.92. The first-order valence-electron chi connectivity index (χ1n) is 12.1. The van der Waals surface area contributed by atoms with Crippen LogP contribution >= 0.6 is 0 Å². The molecule has 1 aliphatic heterocycles. The molecule has 1 saturated heterocycles. The predicted molar refractivity (Wildman–Crippen MR) is 129 cm³/mol. The van der Waals surface area contributed by atoms with Crippen molar-refractivity contribution < 1.29 is 39.5 Å². The zero-order valence-electron chi connectivity index (χ0n) is 19.7. The van der Waals surface area contributed by atoms with E-state index in [2.05, 4.69) is 16.9 Å². The fourth-order valence-corrected chi connectivity index (χ4v) is 7.04. The molecule has 2 unspecified atom stereocenters. The molecule has 6 atom stereocenters. The van der Waals surface area contributed by atoms with E-state index in [4.69, 9.17) is 4.74 Å². The molecular weight excluding hydrogens is 527 g/mol. The van der Waals surface area contributed by atoms with Crippen LogP contribution in [0.4, 0.5) is 0 Å². The van der Waals surface area contributed by atoms with Crippen LogP contribution in [0.1, 0.15) is 75.1 Å². The number of hydrogen-bond donors (Lipinski definition) is 4. The number of ketones is 3. The van der Waals surface area contributed by atoms with Crippen LogP contribution in [-0.4, -0.2) is 79.5 Å². The van der Waals surface area contributed by atoms with Crippen LogP contribution < -0.4 is 0 Å². The van der Waals surface area contributed by atoms with Gasteiger partial charge in [0.05, 0.1) is 0 Å². The van der Waals surface area contributed by atoms with Gasteiger partial charge in [-0.2, -0.15) is 0 Å². The van der Waals surface area contributed by atoms with Crippen LogP contribution in [0.3, 0.4) is 0 Å². The summed E-state index contributed by atoms with van der Waals surface area (Å²) in [4.78, 5) is 39.2. The van der Waals surface area contributed by atoms with Crippen molar-refractivity contribution >= 4 is 34.2 Å². The Hall–Kier alpha value is -2.51. The molecule has 1 heterocycles. The zero-order valence-corrected chi connectivity index (χ0v) is 21.6. The molecule has 0 amide bonds. The molecule has 2 aromatic carbocycles. The monoisotopic (exact) mass is 554 g/mol. The number of Topliss-reactive ketones (excluding diaryl/α,β-unsaturated/α-hetero) is 1. The Morgan fingerprint density at radius 2 is 1.67 bits per heavy atom. The minimum absolute atomic E-state index is 0.0367. The number of phenols is 2. The minimum atomic E-state index is -0.660. The molecule has 2 aromatic rings. The van der Waals surface area contributed by atoms with E-state index in [0.717, 1.165) is 0 Å². The second-order valence-corrected chi connectivity index (χ2v) is 11.4. The maximum absolute atomic E-state index is 13.4. The van der Waals surface area contributed by atoms with Gasteiger partial charge in [0.2, 0.25) is 0 Å². The number of phenolic OH excluding ortho intramolecular Hbond substituents is 2. The number of aliphatic hydroxyl groups excluding tert-OH is 2. The Morgan fingerprint density at radius 1 is 1.06 bits per heavy atom. The molecule has 2 radical (unpaired) electrons. The van der Waals surface area contributed by atoms with Gasteiger partial charge in [-0.15, -0.1) is 0 Å². The summed E-state index contributed by atoms with van der Waals surface area (Å²) >= 11 is 2.45. The van der Waals surface area contributed by atoms with Crippen molar-refractivity contribution in [2.45, 2.75) is 61.5 Å². The molecule has 8 nitrogen and oxygen atoms in total. The Morgan fingerprint density at radius 3 is 2.25 bits per heavy atom. The van der Waals surface area contributed by atoms with E-state index in [1.165, 1.54) is 12.1 Å². The third kappa shape index (κ3) is 3.91. The van der Waals surface area contributed by atoms with E-state index in [-0.39, 0.29) is 57.2 Å². The average molecular weight is 554 g/mol. The fourth-order valence-electron chi connectivity index (χ4n) is 6.04. The summed E-state index contributed by atoms with van der Waals surface area (Å²) in [6.45, 7) is 1.12. The average Bonchev–Trinajstić information content (AvgIpc) is 2.87. The summed E-state index contributed by atoms with van der Waals surface area (Å²) < 4.78 is 5.94. The molecule has 5 rings (SSSR count). The topological polar surface area (TPSA) is 141 Å². The molecule has 4 N–H and O–H groups in total. The molecule has 2 aliphatic carbocycles. The summed E-state index contributed by atoms with van der Waals surface area (Å²) in [6.07, 6.45) is -0.0941. The standard InChI is InChI=1S/C27H27AsO8/c1-11-23(31)18(28)9-14(36-11)7-13-6-12(19(30)10-29)8-17-20(13)27(35)22-21(26(17)34)24(32)15-4-2-3-5-16(15)25(22)33/h2-5,11-14,18,23,29,31,34-35H,6-10H2,1H3/t11-,12?,13?,14+,18+,23+/m1/s1. The van der Waals surface area contributed by atoms with Gasteiger partial charge in [-0.3, -0.25) is 0 Å². The number of hydrogen-bond acceptors (Lipinski definition) is 8. The van der Waals surface area contributed by atoms with Gasteiger partial charge in [-0.05, 0) is 0 Å². The Balaban J connectivity index is 1.63. The molecule has 188 valence electrons. The van der Waals surface area contributed by atoms with E-state index in [1.807, 2.05) is 0 Å². The molecule has 9 heteroatoms. The van der Waals surface area contributed by atoms with E-state index in [1.54, 1.807) is 19.1 Å². The number of carbonyl (C=O) groups is 3. The van der Waals surface area contributed by atoms with Crippen molar-refractivity contribution in [3.05, 3.63) is 57.6 Å². The predicted octanol–water partition coefficient (Wildman–Crippen LogP) is 1.97. The zero-order chi connectivity index (χ0) is 25.9. The van der Waals surface area contributed by atoms with Crippen LogP contribution in [0, 0.1) is 5.92 Å². The van der Waals surface area contributed by atoms with E-state index in [9.17, 15) is 34.8 Å². The van der Waals surface area contributed by atoms with Gasteiger partial charge in [-0.25, -0.2) is 0 Å². The van der Waals surface area contributed by atoms with Crippen molar-refractivity contribution in [1.82, 2.24) is 0 Å². The quantitative estimate of drug-likeness (QED) is 0.284. The van der Waals surface area contributed by atoms with E-state index < -0.39 is 53.7 Å². The first-order valence-corrected chi connectivity index (χ1v) is 13.2. The van der Waals surface area contributed by atoms with Crippen LogP contribution in [0.2, 0.25) is 4.71 Å². The van der Waals surface area contributed by atoms with Gasteiger partial charge in [-0.1, -0.05) is 6.07 Å². The summed E-state index contributed by atoms with van der Waals surface area (Å²) in [5.41, 5.74) is 0.444. The normalized spacial score (nSPS) is 29.3. The second-order valence-electron chi connectivity index (χ2n) is 9.99. The number of carbonyl (C=O) groups excluding carboxylic acids is 3. The van der Waals surface area contributed by atoms with Gasteiger partial charge in [0.25, 0.3) is 0 Å². The van der Waals surface area contributed by atoms with Crippen molar-refractivity contribution in [2.75, 3.05) is 6.61 Å². The van der Waals surface area contributed by atoms with Crippen LogP contribution in [-0.2, 0) is 16.0 Å². The number of fused-ring (bicyclic) bond motifs is 3. The second kappa shape index (κ2) is 9.42. The summed E-state index contributed by atoms with van der Waals surface area (Å²) in [7, 11) is 0. The SMILES string of the molecule is C[C@H]1O[C@@H](CC2CC(C(=O)CO)Cc3c(O)c4c(c(O)c32)C(=O)c2ccccc2C4=O)C[C@H]([As])[C@H]1O. The maximum atomic E-state index is 13.4. The van der Waals surface area contributed by atoms with Crippen LogP contribution in [0.15, 0.2) is 24.3 Å². The van der Waals surface area contributed by atoms with Gasteiger partial charge in [0, 0.05) is 0 Å². The van der Waals surface area contributed by atoms with Gasteiger partial charge < -0.3 is 0 Å². The molecule has 0 aromatic heterocycles. The van der Waals surface area contributed by atoms with Crippen molar-refractivity contribution in [1.29, 1.82) is 0 Å². The molecular formula is C27H27AsO8. The Kier molecular flexibility index (Phi) is 6.58. The van der Waals surface area contributed by atoms with Crippen LogP contribution in [0.5, 0.6) is 11.5 Å². The molecule has 36 heavy (non-hydrogen) atoms. The molecule has 0 bridgehead atoms. The third-order valence-electron chi connectivity index (χ3n) is 7.83. The van der Waals surface area contributed by atoms with Gasteiger partial charge in [0.15, 0.2) is 0 Å². The van der Waals surface area contributed by atoms with Gasteiger partial charge >= 0.3 is 211 Å². The molecule has 0 saturated carbocycles.